The summed E-state index contributed by atoms with van der Waals surface area (Å²) in [5, 5.41) is 7.42. The van der Waals surface area contributed by atoms with E-state index < -0.39 is 29.1 Å². The third-order valence-electron chi connectivity index (χ3n) is 2.51. The second-order valence-electron chi connectivity index (χ2n) is 8.75. The van der Waals surface area contributed by atoms with E-state index in [1.54, 1.807) is 41.5 Å². The summed E-state index contributed by atoms with van der Waals surface area (Å²) in [4.78, 5) is 71.5. The lowest BCUT2D eigenvalue weighted by Crippen LogP contribution is -2.22. The summed E-state index contributed by atoms with van der Waals surface area (Å²) in [5.41, 5.74) is -1.08. The molecule has 0 radical (unpaired) electrons. The van der Waals surface area contributed by atoms with Gasteiger partial charge in [-0.2, -0.15) is 9.78 Å². The molecule has 10 nitrogen and oxygen atoms in total. The Bertz CT molecular complexity index is 532. The molecule has 1 N–H and O–H groups in total. The maximum Gasteiger partial charge on any atom is 0.349 e. The van der Waals surface area contributed by atoms with E-state index in [0.29, 0.717) is 12.8 Å². The number of rotatable bonds is 10. The summed E-state index contributed by atoms with van der Waals surface area (Å²) in [6.07, 6.45) is 1.89. The van der Waals surface area contributed by atoms with Crippen LogP contribution in [-0.4, -0.2) is 45.8 Å². The molecule has 0 heterocycles. The van der Waals surface area contributed by atoms with Crippen LogP contribution in [0, 0.1) is 0 Å². The highest BCUT2D eigenvalue weighted by molar-refractivity contribution is 5.95. The SMILES string of the molecule is CC(=O)O.CCCC(=O)CC(=O)OOC(C)(C)C.CCCC(=O)CC(=O)OOC(C)(C)C. The van der Waals surface area contributed by atoms with Gasteiger partial charge in [0.1, 0.15) is 35.6 Å². The Labute approximate surface area is 190 Å². The monoisotopic (exact) mass is 464 g/mol. The molecule has 0 spiro atoms. The first-order chi connectivity index (χ1) is 14.4. The quantitative estimate of drug-likeness (QED) is 0.285. The number of carboxylic acids is 1. The number of aliphatic carboxylic acids is 1. The second-order valence-corrected chi connectivity index (χ2v) is 8.75. The van der Waals surface area contributed by atoms with Crippen molar-refractivity contribution in [3.05, 3.63) is 0 Å². The Morgan fingerprint density at radius 2 is 0.906 bits per heavy atom. The molecule has 0 rings (SSSR count). The molecule has 0 aliphatic carbocycles. The molecule has 0 aliphatic rings. The Kier molecular flexibility index (Phi) is 19.6. The van der Waals surface area contributed by atoms with Gasteiger partial charge in [-0.25, -0.2) is 9.59 Å². The first kappa shape index (κ1) is 34.3. The standard InChI is InChI=1S/2C10H18O4.C2H4O2/c2*1-5-6-8(11)7-9(12)13-14-10(2,3)4;1-2(3)4/h2*5-7H2,1-4H3;1H3,(H,3,4). The van der Waals surface area contributed by atoms with E-state index in [0.717, 1.165) is 19.8 Å². The van der Waals surface area contributed by atoms with Crippen LogP contribution in [0.3, 0.4) is 0 Å². The number of ketones is 2. The fraction of sp³-hybridized carbons (Fsp3) is 0.773. The highest BCUT2D eigenvalue weighted by Crippen LogP contribution is 2.09. The van der Waals surface area contributed by atoms with Crippen LogP contribution in [0.4, 0.5) is 0 Å². The molecule has 0 aromatic carbocycles. The van der Waals surface area contributed by atoms with Gasteiger partial charge in [0.05, 0.1) is 0 Å². The number of hydrogen-bond acceptors (Lipinski definition) is 9. The number of carbonyl (C=O) groups excluding carboxylic acids is 4. The fourth-order valence-corrected chi connectivity index (χ4v) is 1.46. The summed E-state index contributed by atoms with van der Waals surface area (Å²) >= 11 is 0. The van der Waals surface area contributed by atoms with Crippen molar-refractivity contribution in [3.8, 4) is 0 Å². The average molecular weight is 465 g/mol. The first-order valence-electron chi connectivity index (χ1n) is 10.4. The molecule has 32 heavy (non-hydrogen) atoms. The first-order valence-corrected chi connectivity index (χ1v) is 10.4. The second kappa shape index (κ2) is 18.3. The topological polar surface area (TPSA) is 142 Å². The summed E-state index contributed by atoms with van der Waals surface area (Å²) in [6.45, 7) is 15.4. The lowest BCUT2D eigenvalue weighted by atomic mass is 10.2. The van der Waals surface area contributed by atoms with E-state index in [-0.39, 0.29) is 24.4 Å². The lowest BCUT2D eigenvalue weighted by Gasteiger charge is -2.16. The third-order valence-corrected chi connectivity index (χ3v) is 2.51. The van der Waals surface area contributed by atoms with Crippen LogP contribution >= 0.6 is 0 Å². The van der Waals surface area contributed by atoms with Crippen LogP contribution in [0.2, 0.25) is 0 Å². The van der Waals surface area contributed by atoms with E-state index in [9.17, 15) is 19.2 Å². The Morgan fingerprint density at radius 3 is 1.09 bits per heavy atom. The van der Waals surface area contributed by atoms with Gasteiger partial charge in [0.2, 0.25) is 0 Å². The minimum atomic E-state index is -0.833. The lowest BCUT2D eigenvalue weighted by molar-refractivity contribution is -0.320. The van der Waals surface area contributed by atoms with Crippen LogP contribution in [-0.2, 0) is 43.5 Å². The van der Waals surface area contributed by atoms with E-state index in [1.807, 2.05) is 13.8 Å². The van der Waals surface area contributed by atoms with E-state index >= 15 is 0 Å². The van der Waals surface area contributed by atoms with Crippen LogP contribution in [0.1, 0.15) is 101 Å². The molecule has 0 unspecified atom stereocenters. The van der Waals surface area contributed by atoms with E-state index in [4.69, 9.17) is 19.7 Å². The van der Waals surface area contributed by atoms with Crippen molar-refractivity contribution in [2.75, 3.05) is 0 Å². The van der Waals surface area contributed by atoms with Gasteiger partial charge in [-0.1, -0.05) is 13.8 Å². The number of carboxylic acid groups (broad SMARTS) is 1. The van der Waals surface area contributed by atoms with Crippen LogP contribution in [0.15, 0.2) is 0 Å². The largest absolute Gasteiger partial charge is 0.481 e. The minimum Gasteiger partial charge on any atom is -0.481 e. The van der Waals surface area contributed by atoms with Gasteiger partial charge in [0, 0.05) is 19.8 Å². The van der Waals surface area contributed by atoms with Crippen molar-refractivity contribution in [1.82, 2.24) is 0 Å². The maximum absolute atomic E-state index is 11.0. The van der Waals surface area contributed by atoms with E-state index in [2.05, 4.69) is 9.78 Å². The molecule has 0 atom stereocenters. The van der Waals surface area contributed by atoms with Crippen molar-refractivity contribution >= 4 is 29.5 Å². The molecule has 0 saturated heterocycles. The number of hydrogen-bond donors (Lipinski definition) is 1. The molecule has 0 aromatic heterocycles. The predicted molar refractivity (Wildman–Crippen MR) is 116 cm³/mol. The van der Waals surface area contributed by atoms with Gasteiger partial charge in [0.25, 0.3) is 5.97 Å². The van der Waals surface area contributed by atoms with Crippen LogP contribution in [0.5, 0.6) is 0 Å². The summed E-state index contributed by atoms with van der Waals surface area (Å²) in [6, 6.07) is 0. The molecule has 0 amide bonds. The third kappa shape index (κ3) is 35.1. The van der Waals surface area contributed by atoms with Crippen LogP contribution < -0.4 is 0 Å². The fourth-order valence-electron chi connectivity index (χ4n) is 1.46. The summed E-state index contributed by atoms with van der Waals surface area (Å²) < 4.78 is 0. The number of carbonyl (C=O) groups is 5. The molecular formula is C22H40O10. The molecule has 10 heteroatoms. The molecule has 188 valence electrons. The van der Waals surface area contributed by atoms with Gasteiger partial charge >= 0.3 is 11.9 Å². The van der Waals surface area contributed by atoms with Gasteiger partial charge in [0.15, 0.2) is 0 Å². The Morgan fingerprint density at radius 1 is 0.656 bits per heavy atom. The molecule has 0 aromatic rings. The maximum atomic E-state index is 11.0. The van der Waals surface area contributed by atoms with Gasteiger partial charge in [-0.05, 0) is 54.4 Å². The van der Waals surface area contributed by atoms with Gasteiger partial charge in [-0.3, -0.25) is 24.2 Å². The van der Waals surface area contributed by atoms with Crippen LogP contribution in [0.25, 0.3) is 0 Å². The van der Waals surface area contributed by atoms with Crippen molar-refractivity contribution in [2.24, 2.45) is 0 Å². The smallest absolute Gasteiger partial charge is 0.349 e. The highest BCUT2D eigenvalue weighted by atomic mass is 17.2. The molecule has 0 saturated carbocycles. The van der Waals surface area contributed by atoms with Gasteiger partial charge in [-0.15, -0.1) is 0 Å². The molecule has 0 aliphatic heterocycles. The Hall–Kier alpha value is -2.33. The average Bonchev–Trinajstić information content (AvgIpc) is 2.57. The molecular weight excluding hydrogens is 424 g/mol. The molecule has 0 bridgehead atoms. The number of Topliss-reactive ketones (excluding diaryl/α,β-unsaturated/α-hetero) is 2. The minimum absolute atomic E-state index is 0.116. The van der Waals surface area contributed by atoms with Crippen molar-refractivity contribution < 1.29 is 48.6 Å². The van der Waals surface area contributed by atoms with Crippen molar-refractivity contribution in [2.45, 2.75) is 112 Å². The zero-order valence-electron chi connectivity index (χ0n) is 20.9. The summed E-state index contributed by atoms with van der Waals surface area (Å²) in [5.74, 6) is -2.32. The van der Waals surface area contributed by atoms with Crippen molar-refractivity contribution in [3.63, 3.8) is 0 Å². The highest BCUT2D eigenvalue weighted by Gasteiger charge is 2.18. The normalized spacial score (nSPS) is 10.5. The van der Waals surface area contributed by atoms with Crippen molar-refractivity contribution in [1.29, 1.82) is 0 Å². The zero-order chi connectivity index (χ0) is 26.0. The van der Waals surface area contributed by atoms with E-state index in [1.165, 1.54) is 0 Å². The summed E-state index contributed by atoms with van der Waals surface area (Å²) in [7, 11) is 0. The predicted octanol–water partition coefficient (Wildman–Crippen LogP) is 4.13. The zero-order valence-corrected chi connectivity index (χ0v) is 20.9. The Balaban J connectivity index is -0.000000450. The van der Waals surface area contributed by atoms with Gasteiger partial charge < -0.3 is 5.11 Å². The molecule has 0 fully saturated rings.